The van der Waals surface area contributed by atoms with Gasteiger partial charge in [0.2, 0.25) is 0 Å². The van der Waals surface area contributed by atoms with Crippen molar-refractivity contribution < 1.29 is 9.53 Å². The number of amides is 1. The molecule has 22 heavy (non-hydrogen) atoms. The third-order valence-corrected chi connectivity index (χ3v) is 3.67. The van der Waals surface area contributed by atoms with Crippen molar-refractivity contribution in [2.75, 3.05) is 6.54 Å². The Morgan fingerprint density at radius 1 is 1.14 bits per heavy atom. The van der Waals surface area contributed by atoms with Gasteiger partial charge in [-0.3, -0.25) is 4.79 Å². The minimum absolute atomic E-state index is 0.108. The van der Waals surface area contributed by atoms with E-state index < -0.39 is 6.10 Å². The second-order valence-electron chi connectivity index (χ2n) is 5.06. The molecule has 4 heteroatoms. The topological polar surface area (TPSA) is 38.3 Å². The summed E-state index contributed by atoms with van der Waals surface area (Å²) in [6.07, 6.45) is 1.17. The molecule has 0 aliphatic heterocycles. The van der Waals surface area contributed by atoms with Crippen LogP contribution in [0.2, 0.25) is 5.02 Å². The van der Waals surface area contributed by atoms with E-state index in [4.69, 9.17) is 16.3 Å². The Balaban J connectivity index is 1.70. The number of benzene rings is 2. The Morgan fingerprint density at radius 3 is 2.55 bits per heavy atom. The minimum atomic E-state index is -0.511. The number of para-hydroxylation sites is 1. The maximum atomic E-state index is 12.0. The first-order valence-electron chi connectivity index (χ1n) is 7.39. The zero-order chi connectivity index (χ0) is 15.8. The quantitative estimate of drug-likeness (QED) is 0.788. The van der Waals surface area contributed by atoms with Gasteiger partial charge in [0.25, 0.3) is 5.91 Å². The lowest BCUT2D eigenvalue weighted by Gasteiger charge is -2.14. The first-order chi connectivity index (χ1) is 10.7. The van der Waals surface area contributed by atoms with Crippen LogP contribution in [0.5, 0.6) is 5.75 Å². The molecular weight excluding hydrogens is 298 g/mol. The summed E-state index contributed by atoms with van der Waals surface area (Å²) in [5, 5.41) is 3.66. The molecule has 0 saturated heterocycles. The molecule has 1 N–H and O–H groups in total. The molecule has 1 amide bonds. The number of rotatable bonds is 7. The van der Waals surface area contributed by atoms with Gasteiger partial charge in [-0.1, -0.05) is 48.0 Å². The number of carbonyl (C=O) groups is 1. The minimum Gasteiger partial charge on any atom is -0.481 e. The summed E-state index contributed by atoms with van der Waals surface area (Å²) in [5.74, 6) is 0.587. The van der Waals surface area contributed by atoms with E-state index >= 15 is 0 Å². The largest absolute Gasteiger partial charge is 0.481 e. The molecule has 116 valence electrons. The number of halogens is 1. The molecule has 0 radical (unpaired) electrons. The van der Waals surface area contributed by atoms with Crippen molar-refractivity contribution in [3.63, 3.8) is 0 Å². The van der Waals surface area contributed by atoms with Gasteiger partial charge in [0.1, 0.15) is 5.75 Å². The van der Waals surface area contributed by atoms with E-state index in [1.54, 1.807) is 6.92 Å². The number of hydrogen-bond acceptors (Lipinski definition) is 2. The Morgan fingerprint density at radius 2 is 1.82 bits per heavy atom. The van der Waals surface area contributed by atoms with Gasteiger partial charge >= 0.3 is 0 Å². The average molecular weight is 318 g/mol. The molecule has 0 aliphatic carbocycles. The van der Waals surface area contributed by atoms with Crippen molar-refractivity contribution in [1.82, 2.24) is 5.32 Å². The van der Waals surface area contributed by atoms with Gasteiger partial charge in [-0.05, 0) is 43.5 Å². The monoisotopic (exact) mass is 317 g/mol. The first kappa shape index (κ1) is 16.4. The molecule has 2 aromatic carbocycles. The number of carbonyl (C=O) groups excluding carboxylic acids is 1. The normalized spacial score (nSPS) is 11.7. The summed E-state index contributed by atoms with van der Waals surface area (Å²) < 4.78 is 5.58. The van der Waals surface area contributed by atoms with Crippen LogP contribution < -0.4 is 10.1 Å². The van der Waals surface area contributed by atoms with E-state index in [-0.39, 0.29) is 5.91 Å². The third kappa shape index (κ3) is 5.08. The van der Waals surface area contributed by atoms with Crippen molar-refractivity contribution >= 4 is 17.5 Å². The van der Waals surface area contributed by atoms with Crippen molar-refractivity contribution in [2.24, 2.45) is 0 Å². The lowest BCUT2D eigenvalue weighted by Crippen LogP contribution is -2.36. The smallest absolute Gasteiger partial charge is 0.260 e. The van der Waals surface area contributed by atoms with Crippen molar-refractivity contribution in [3.8, 4) is 5.75 Å². The molecule has 0 unspecified atom stereocenters. The molecular formula is C18H20ClNO2. The third-order valence-electron chi connectivity index (χ3n) is 3.31. The summed E-state index contributed by atoms with van der Waals surface area (Å²) >= 11 is 6.10. The average Bonchev–Trinajstić information content (AvgIpc) is 2.53. The zero-order valence-electron chi connectivity index (χ0n) is 12.6. The highest BCUT2D eigenvalue weighted by Gasteiger charge is 2.13. The van der Waals surface area contributed by atoms with Gasteiger partial charge in [0.15, 0.2) is 6.10 Å². The van der Waals surface area contributed by atoms with E-state index in [2.05, 4.69) is 5.32 Å². The van der Waals surface area contributed by atoms with Crippen LogP contribution in [-0.2, 0) is 11.2 Å². The van der Waals surface area contributed by atoms with Gasteiger partial charge in [0, 0.05) is 11.6 Å². The van der Waals surface area contributed by atoms with Crippen LogP contribution in [0.15, 0.2) is 54.6 Å². The van der Waals surface area contributed by atoms with Crippen LogP contribution in [0.3, 0.4) is 0 Å². The summed E-state index contributed by atoms with van der Waals surface area (Å²) in [6.45, 7) is 2.35. The highest BCUT2D eigenvalue weighted by molar-refractivity contribution is 6.31. The molecule has 0 heterocycles. The van der Waals surface area contributed by atoms with Crippen LogP contribution in [0.25, 0.3) is 0 Å². The van der Waals surface area contributed by atoms with Crippen LogP contribution in [0, 0.1) is 0 Å². The maximum Gasteiger partial charge on any atom is 0.260 e. The Bertz CT molecular complexity index is 601. The van der Waals surface area contributed by atoms with Gasteiger partial charge in [-0.2, -0.15) is 0 Å². The summed E-state index contributed by atoms with van der Waals surface area (Å²) in [7, 11) is 0. The van der Waals surface area contributed by atoms with Crippen molar-refractivity contribution in [2.45, 2.75) is 25.9 Å². The fourth-order valence-electron chi connectivity index (χ4n) is 2.09. The van der Waals surface area contributed by atoms with Crippen LogP contribution in [-0.4, -0.2) is 18.6 Å². The SMILES string of the molecule is C[C@@H](Oc1ccccc1)C(=O)NCCCc1ccccc1Cl. The standard InChI is InChI=1S/C18H20ClNO2/c1-14(22-16-10-3-2-4-11-16)18(21)20-13-7-9-15-8-5-6-12-17(15)19/h2-6,8,10-12,14H,7,9,13H2,1H3,(H,20,21)/t14-/m1/s1. The Kier molecular flexibility index (Phi) is 6.28. The summed E-state index contributed by atoms with van der Waals surface area (Å²) in [4.78, 5) is 12.0. The number of hydrogen-bond donors (Lipinski definition) is 1. The molecule has 0 fully saturated rings. The maximum absolute atomic E-state index is 12.0. The highest BCUT2D eigenvalue weighted by atomic mass is 35.5. The molecule has 3 nitrogen and oxygen atoms in total. The zero-order valence-corrected chi connectivity index (χ0v) is 13.3. The van der Waals surface area contributed by atoms with Gasteiger partial charge < -0.3 is 10.1 Å². The van der Waals surface area contributed by atoms with E-state index in [1.165, 1.54) is 0 Å². The predicted octanol–water partition coefficient (Wildman–Crippen LogP) is 3.86. The van der Waals surface area contributed by atoms with Gasteiger partial charge in [0.05, 0.1) is 0 Å². The Hall–Kier alpha value is -2.00. The molecule has 0 aliphatic rings. The molecule has 0 aromatic heterocycles. The Labute approximate surface area is 136 Å². The fraction of sp³-hybridized carbons (Fsp3) is 0.278. The summed E-state index contributed by atoms with van der Waals surface area (Å²) in [6, 6.07) is 17.1. The predicted molar refractivity (Wildman–Crippen MR) is 89.3 cm³/mol. The lowest BCUT2D eigenvalue weighted by atomic mass is 10.1. The number of nitrogens with one attached hydrogen (secondary N) is 1. The van der Waals surface area contributed by atoms with Crippen molar-refractivity contribution in [3.05, 3.63) is 65.2 Å². The number of aryl methyl sites for hydroxylation is 1. The van der Waals surface area contributed by atoms with Crippen molar-refractivity contribution in [1.29, 1.82) is 0 Å². The molecule has 0 saturated carbocycles. The summed E-state index contributed by atoms with van der Waals surface area (Å²) in [5.41, 5.74) is 1.10. The lowest BCUT2D eigenvalue weighted by molar-refractivity contribution is -0.127. The highest BCUT2D eigenvalue weighted by Crippen LogP contribution is 2.16. The van der Waals surface area contributed by atoms with E-state index in [1.807, 2.05) is 54.6 Å². The molecule has 2 aromatic rings. The fourth-order valence-corrected chi connectivity index (χ4v) is 2.32. The molecule has 2 rings (SSSR count). The van der Waals surface area contributed by atoms with Gasteiger partial charge in [-0.15, -0.1) is 0 Å². The van der Waals surface area contributed by atoms with Gasteiger partial charge in [-0.25, -0.2) is 0 Å². The van der Waals surface area contributed by atoms with E-state index in [0.717, 1.165) is 23.4 Å². The second kappa shape index (κ2) is 8.44. The first-order valence-corrected chi connectivity index (χ1v) is 7.77. The van der Waals surface area contributed by atoms with Crippen LogP contribution in [0.4, 0.5) is 0 Å². The molecule has 1 atom stereocenters. The molecule has 0 bridgehead atoms. The molecule has 0 spiro atoms. The second-order valence-corrected chi connectivity index (χ2v) is 5.47. The van der Waals surface area contributed by atoms with E-state index in [0.29, 0.717) is 12.3 Å². The number of ether oxygens (including phenoxy) is 1. The van der Waals surface area contributed by atoms with Crippen LogP contribution in [0.1, 0.15) is 18.9 Å². The van der Waals surface area contributed by atoms with Crippen LogP contribution >= 0.6 is 11.6 Å². The van der Waals surface area contributed by atoms with E-state index in [9.17, 15) is 4.79 Å².